The van der Waals surface area contributed by atoms with Crippen molar-refractivity contribution in [2.75, 3.05) is 26.0 Å². The molecule has 0 aliphatic carbocycles. The molecular formula is C24H22F4N2O3S. The van der Waals surface area contributed by atoms with Crippen LogP contribution in [0.1, 0.15) is 11.1 Å². The summed E-state index contributed by atoms with van der Waals surface area (Å²) in [6, 6.07) is 12.6. The van der Waals surface area contributed by atoms with Crippen LogP contribution in [0.5, 0.6) is 5.75 Å². The fourth-order valence-electron chi connectivity index (χ4n) is 3.74. The van der Waals surface area contributed by atoms with Gasteiger partial charge in [-0.25, -0.2) is 17.8 Å². The molecule has 2 aromatic carbocycles. The molecule has 0 spiro atoms. The summed E-state index contributed by atoms with van der Waals surface area (Å²) in [4.78, 5) is 6.00. The zero-order valence-electron chi connectivity index (χ0n) is 18.2. The summed E-state index contributed by atoms with van der Waals surface area (Å²) < 4.78 is 81.1. The van der Waals surface area contributed by atoms with E-state index in [4.69, 9.17) is 4.74 Å². The Morgan fingerprint density at radius 2 is 1.71 bits per heavy atom. The van der Waals surface area contributed by atoms with Crippen LogP contribution in [0.2, 0.25) is 0 Å². The molecule has 2 heterocycles. The van der Waals surface area contributed by atoms with Gasteiger partial charge in [-0.15, -0.1) is 0 Å². The number of aromatic nitrogens is 1. The molecular weight excluding hydrogens is 472 g/mol. The van der Waals surface area contributed by atoms with Crippen molar-refractivity contribution in [1.82, 2.24) is 9.88 Å². The third-order valence-electron chi connectivity index (χ3n) is 5.58. The van der Waals surface area contributed by atoms with Crippen LogP contribution in [0.15, 0.2) is 65.8 Å². The number of alkyl halides is 3. The van der Waals surface area contributed by atoms with Gasteiger partial charge >= 0.3 is 6.18 Å². The van der Waals surface area contributed by atoms with Gasteiger partial charge in [0.2, 0.25) is 0 Å². The van der Waals surface area contributed by atoms with Crippen molar-refractivity contribution in [3.8, 4) is 16.9 Å². The van der Waals surface area contributed by atoms with Crippen molar-refractivity contribution in [1.29, 1.82) is 0 Å². The third kappa shape index (κ3) is 5.74. The number of rotatable bonds is 7. The Morgan fingerprint density at radius 3 is 2.26 bits per heavy atom. The van der Waals surface area contributed by atoms with Crippen molar-refractivity contribution in [2.45, 2.75) is 17.7 Å². The first kappa shape index (κ1) is 24.2. The van der Waals surface area contributed by atoms with Crippen LogP contribution in [0.4, 0.5) is 17.6 Å². The minimum atomic E-state index is -4.34. The zero-order valence-corrected chi connectivity index (χ0v) is 19.0. The van der Waals surface area contributed by atoms with E-state index in [9.17, 15) is 26.0 Å². The minimum Gasteiger partial charge on any atom is -0.490 e. The van der Waals surface area contributed by atoms with Gasteiger partial charge in [-0.05, 0) is 47.5 Å². The molecule has 3 aromatic rings. The molecule has 0 radical (unpaired) electrons. The Kier molecular flexibility index (Phi) is 6.64. The number of pyridine rings is 1. The topological polar surface area (TPSA) is 59.5 Å². The predicted octanol–water partition coefficient (Wildman–Crippen LogP) is 4.82. The van der Waals surface area contributed by atoms with E-state index in [-0.39, 0.29) is 16.7 Å². The molecule has 4 rings (SSSR count). The second kappa shape index (κ2) is 9.34. The van der Waals surface area contributed by atoms with Gasteiger partial charge in [0.1, 0.15) is 0 Å². The highest BCUT2D eigenvalue weighted by Crippen LogP contribution is 2.30. The Balaban J connectivity index is 1.27. The third-order valence-corrected chi connectivity index (χ3v) is 6.58. The summed E-state index contributed by atoms with van der Waals surface area (Å²) in [6.07, 6.45) is -1.90. The number of hydrogen-bond acceptors (Lipinski definition) is 5. The number of likely N-dealkylation sites (tertiary alicyclic amines) is 1. The normalized spacial score (nSPS) is 15.2. The van der Waals surface area contributed by atoms with Crippen molar-refractivity contribution < 1.29 is 30.7 Å². The lowest BCUT2D eigenvalue weighted by molar-refractivity contribution is -0.137. The monoisotopic (exact) mass is 494 g/mol. The Bertz CT molecular complexity index is 1250. The predicted molar refractivity (Wildman–Crippen MR) is 118 cm³/mol. The summed E-state index contributed by atoms with van der Waals surface area (Å²) in [5.41, 5.74) is 1.26. The van der Waals surface area contributed by atoms with E-state index >= 15 is 0 Å². The fourth-order valence-corrected chi connectivity index (χ4v) is 4.30. The largest absolute Gasteiger partial charge is 0.490 e. The number of benzene rings is 2. The summed E-state index contributed by atoms with van der Waals surface area (Å²) in [5, 5.41) is -0.0514. The van der Waals surface area contributed by atoms with Crippen LogP contribution in [-0.2, 0) is 22.6 Å². The van der Waals surface area contributed by atoms with Gasteiger partial charge in [-0.3, -0.25) is 4.90 Å². The van der Waals surface area contributed by atoms with Crippen molar-refractivity contribution in [2.24, 2.45) is 5.92 Å². The molecule has 1 aliphatic rings. The molecule has 180 valence electrons. The van der Waals surface area contributed by atoms with Crippen LogP contribution in [0.3, 0.4) is 0 Å². The molecule has 0 atom stereocenters. The first-order chi connectivity index (χ1) is 16.0. The van der Waals surface area contributed by atoms with Crippen LogP contribution in [0, 0.1) is 11.7 Å². The van der Waals surface area contributed by atoms with Gasteiger partial charge in [0.15, 0.2) is 26.4 Å². The summed E-state index contributed by atoms with van der Waals surface area (Å²) in [7, 11) is -3.41. The molecule has 5 nitrogen and oxygen atoms in total. The molecule has 0 N–H and O–H groups in total. The van der Waals surface area contributed by atoms with E-state index < -0.39 is 27.4 Å². The molecule has 10 heteroatoms. The van der Waals surface area contributed by atoms with Gasteiger partial charge in [0, 0.05) is 43.6 Å². The maximum atomic E-state index is 14.5. The van der Waals surface area contributed by atoms with Crippen LogP contribution < -0.4 is 4.74 Å². The molecule has 0 saturated carbocycles. The maximum Gasteiger partial charge on any atom is 0.416 e. The Labute approximate surface area is 194 Å². The van der Waals surface area contributed by atoms with Crippen molar-refractivity contribution in [3.05, 3.63) is 77.7 Å². The summed E-state index contributed by atoms with van der Waals surface area (Å²) in [6.45, 7) is 2.28. The van der Waals surface area contributed by atoms with E-state index in [0.717, 1.165) is 24.0 Å². The summed E-state index contributed by atoms with van der Waals surface area (Å²) >= 11 is 0. The highest BCUT2D eigenvalue weighted by atomic mass is 32.2. The zero-order chi connectivity index (χ0) is 24.5. The molecule has 0 unspecified atom stereocenters. The fraction of sp³-hybridized carbons (Fsp3) is 0.292. The number of halogens is 4. The van der Waals surface area contributed by atoms with E-state index in [0.29, 0.717) is 37.4 Å². The first-order valence-electron chi connectivity index (χ1n) is 10.5. The first-order valence-corrected chi connectivity index (χ1v) is 12.4. The Morgan fingerprint density at radius 1 is 1.03 bits per heavy atom. The van der Waals surface area contributed by atoms with Gasteiger partial charge in [0.05, 0.1) is 12.2 Å². The highest BCUT2D eigenvalue weighted by Gasteiger charge is 2.31. The average molecular weight is 495 g/mol. The SMILES string of the molecule is CS(=O)(=O)c1ccc(-c2ccc(OCC3CN(Cc4ccc(C(F)(F)F)cc4)C3)c(F)c2)cn1. The van der Waals surface area contributed by atoms with E-state index in [1.807, 2.05) is 0 Å². The van der Waals surface area contributed by atoms with Crippen molar-refractivity contribution in [3.63, 3.8) is 0 Å². The second-order valence-corrected chi connectivity index (χ2v) is 10.3. The van der Waals surface area contributed by atoms with Gasteiger partial charge in [-0.2, -0.15) is 13.2 Å². The average Bonchev–Trinajstić information content (AvgIpc) is 2.75. The van der Waals surface area contributed by atoms with E-state index in [1.54, 1.807) is 12.1 Å². The molecule has 0 bridgehead atoms. The maximum absolute atomic E-state index is 14.5. The van der Waals surface area contributed by atoms with Gasteiger partial charge in [0.25, 0.3) is 0 Å². The quantitative estimate of drug-likeness (QED) is 0.441. The number of sulfone groups is 1. The van der Waals surface area contributed by atoms with Gasteiger partial charge in [-0.1, -0.05) is 18.2 Å². The van der Waals surface area contributed by atoms with Crippen LogP contribution in [-0.4, -0.2) is 44.3 Å². The highest BCUT2D eigenvalue weighted by molar-refractivity contribution is 7.90. The molecule has 1 saturated heterocycles. The smallest absolute Gasteiger partial charge is 0.416 e. The molecule has 1 aliphatic heterocycles. The number of hydrogen-bond donors (Lipinski definition) is 0. The molecule has 1 aromatic heterocycles. The standard InChI is InChI=1S/C24H22F4N2O3S/c1-34(31,32)23-9-5-19(11-29-23)18-4-8-22(21(25)10-18)33-15-17-13-30(14-17)12-16-2-6-20(7-3-16)24(26,27)28/h2-11,17H,12-15H2,1H3. The molecule has 0 amide bonds. The number of nitrogens with zero attached hydrogens (tertiary/aromatic N) is 2. The van der Waals surface area contributed by atoms with E-state index in [1.165, 1.54) is 36.5 Å². The lowest BCUT2D eigenvalue weighted by Crippen LogP contribution is -2.48. The van der Waals surface area contributed by atoms with Crippen LogP contribution >= 0.6 is 0 Å². The lowest BCUT2D eigenvalue weighted by atomic mass is 10.00. The van der Waals surface area contributed by atoms with Crippen LogP contribution in [0.25, 0.3) is 11.1 Å². The van der Waals surface area contributed by atoms with Crippen molar-refractivity contribution >= 4 is 9.84 Å². The molecule has 34 heavy (non-hydrogen) atoms. The lowest BCUT2D eigenvalue weighted by Gasteiger charge is -2.39. The Hall–Kier alpha value is -2.98. The van der Waals surface area contributed by atoms with E-state index in [2.05, 4.69) is 9.88 Å². The number of ether oxygens (including phenoxy) is 1. The second-order valence-electron chi connectivity index (χ2n) is 8.37. The summed E-state index contributed by atoms with van der Waals surface area (Å²) in [5.74, 6) is -0.224. The minimum absolute atomic E-state index is 0.0514. The van der Waals surface area contributed by atoms with Gasteiger partial charge < -0.3 is 4.74 Å². The molecule has 1 fully saturated rings.